The zero-order valence-corrected chi connectivity index (χ0v) is 17.0. The molecular formula is C21H27N5O3. The summed E-state index contributed by atoms with van der Waals surface area (Å²) >= 11 is 0. The molecule has 2 aliphatic rings. The van der Waals surface area contributed by atoms with Crippen LogP contribution in [0.5, 0.6) is 5.75 Å². The van der Waals surface area contributed by atoms with Crippen LogP contribution in [0.4, 0.5) is 11.8 Å². The fourth-order valence-electron chi connectivity index (χ4n) is 3.66. The lowest BCUT2D eigenvalue weighted by Crippen LogP contribution is -2.49. The maximum atomic E-state index is 12.8. The van der Waals surface area contributed by atoms with E-state index in [1.807, 2.05) is 42.2 Å². The van der Waals surface area contributed by atoms with E-state index >= 15 is 0 Å². The van der Waals surface area contributed by atoms with Gasteiger partial charge in [-0.15, -0.1) is 0 Å². The van der Waals surface area contributed by atoms with Gasteiger partial charge in [0, 0.05) is 56.6 Å². The Hall–Kier alpha value is -2.87. The van der Waals surface area contributed by atoms with Crippen LogP contribution in [0.3, 0.4) is 0 Å². The van der Waals surface area contributed by atoms with Crippen LogP contribution in [0.2, 0.25) is 0 Å². The molecule has 8 heteroatoms. The Morgan fingerprint density at radius 2 is 1.66 bits per heavy atom. The molecule has 0 bridgehead atoms. The van der Waals surface area contributed by atoms with E-state index in [2.05, 4.69) is 14.8 Å². The van der Waals surface area contributed by atoms with Crippen LogP contribution in [-0.2, 0) is 4.74 Å². The normalized spacial score (nSPS) is 17.4. The summed E-state index contributed by atoms with van der Waals surface area (Å²) in [5.74, 6) is 2.49. The summed E-state index contributed by atoms with van der Waals surface area (Å²) in [6.45, 7) is 7.87. The number of ether oxygens (including phenoxy) is 2. The van der Waals surface area contributed by atoms with Crippen molar-refractivity contribution in [2.24, 2.45) is 0 Å². The molecule has 29 heavy (non-hydrogen) atoms. The summed E-state index contributed by atoms with van der Waals surface area (Å²) in [5, 5.41) is 0. The van der Waals surface area contributed by atoms with Crippen molar-refractivity contribution < 1.29 is 14.3 Å². The van der Waals surface area contributed by atoms with Gasteiger partial charge < -0.3 is 24.2 Å². The van der Waals surface area contributed by atoms with Gasteiger partial charge in [-0.2, -0.15) is 4.98 Å². The molecule has 3 heterocycles. The Kier molecular flexibility index (Phi) is 5.80. The average Bonchev–Trinajstić information content (AvgIpc) is 2.79. The first-order valence-electron chi connectivity index (χ1n) is 10.0. The second-order valence-electron chi connectivity index (χ2n) is 7.27. The maximum absolute atomic E-state index is 12.8. The molecule has 4 rings (SSSR count). The molecule has 0 unspecified atom stereocenters. The molecule has 154 valence electrons. The Labute approximate surface area is 171 Å². The number of methoxy groups -OCH3 is 1. The molecule has 2 aromatic rings. The highest BCUT2D eigenvalue weighted by atomic mass is 16.5. The lowest BCUT2D eigenvalue weighted by molar-refractivity contribution is 0.0746. The minimum Gasteiger partial charge on any atom is -0.497 e. The number of rotatable bonds is 4. The van der Waals surface area contributed by atoms with E-state index in [-0.39, 0.29) is 5.91 Å². The molecule has 1 amide bonds. The molecule has 1 aromatic heterocycles. The molecule has 0 N–H and O–H groups in total. The first-order valence-corrected chi connectivity index (χ1v) is 10.0. The first kappa shape index (κ1) is 19.4. The predicted molar refractivity (Wildman–Crippen MR) is 111 cm³/mol. The van der Waals surface area contributed by atoms with Gasteiger partial charge in [0.05, 0.1) is 20.3 Å². The van der Waals surface area contributed by atoms with Crippen molar-refractivity contribution in [1.82, 2.24) is 14.9 Å². The third-order valence-corrected chi connectivity index (χ3v) is 5.35. The minimum atomic E-state index is 0.0477. The summed E-state index contributed by atoms with van der Waals surface area (Å²) in [6, 6.07) is 9.28. The fourth-order valence-corrected chi connectivity index (χ4v) is 3.66. The number of benzene rings is 1. The van der Waals surface area contributed by atoms with Crippen molar-refractivity contribution in [3.05, 3.63) is 41.6 Å². The fraction of sp³-hybridized carbons (Fsp3) is 0.476. The molecular weight excluding hydrogens is 370 g/mol. The van der Waals surface area contributed by atoms with E-state index in [1.165, 1.54) is 0 Å². The molecule has 8 nitrogen and oxygen atoms in total. The molecule has 1 aromatic carbocycles. The first-order chi connectivity index (χ1) is 14.1. The summed E-state index contributed by atoms with van der Waals surface area (Å²) in [7, 11) is 1.62. The molecule has 2 aliphatic heterocycles. The summed E-state index contributed by atoms with van der Waals surface area (Å²) in [6.07, 6.45) is 0. The Balaban J connectivity index is 1.41. The van der Waals surface area contributed by atoms with Crippen molar-refractivity contribution in [1.29, 1.82) is 0 Å². The Morgan fingerprint density at radius 3 is 2.31 bits per heavy atom. The van der Waals surface area contributed by atoms with E-state index < -0.39 is 0 Å². The molecule has 2 saturated heterocycles. The molecule has 0 spiro atoms. The van der Waals surface area contributed by atoms with Crippen LogP contribution in [0.25, 0.3) is 0 Å². The molecule has 2 fully saturated rings. The number of carbonyl (C=O) groups is 1. The third-order valence-electron chi connectivity index (χ3n) is 5.35. The van der Waals surface area contributed by atoms with E-state index in [4.69, 9.17) is 14.5 Å². The van der Waals surface area contributed by atoms with E-state index in [9.17, 15) is 4.79 Å². The zero-order chi connectivity index (χ0) is 20.2. The van der Waals surface area contributed by atoms with E-state index in [1.54, 1.807) is 7.11 Å². The highest BCUT2D eigenvalue weighted by Gasteiger charge is 2.24. The highest BCUT2D eigenvalue weighted by molar-refractivity contribution is 5.94. The second-order valence-corrected chi connectivity index (χ2v) is 7.27. The number of nitrogens with zero attached hydrogens (tertiary/aromatic N) is 5. The number of hydrogen-bond donors (Lipinski definition) is 0. The number of aryl methyl sites for hydroxylation is 1. The largest absolute Gasteiger partial charge is 0.497 e. The second kappa shape index (κ2) is 8.65. The maximum Gasteiger partial charge on any atom is 0.253 e. The number of aromatic nitrogens is 2. The van der Waals surface area contributed by atoms with Gasteiger partial charge in [-0.05, 0) is 31.2 Å². The monoisotopic (exact) mass is 397 g/mol. The van der Waals surface area contributed by atoms with E-state index in [0.717, 1.165) is 49.5 Å². The van der Waals surface area contributed by atoms with Crippen molar-refractivity contribution in [3.63, 3.8) is 0 Å². The van der Waals surface area contributed by atoms with Gasteiger partial charge in [0.2, 0.25) is 5.95 Å². The van der Waals surface area contributed by atoms with Crippen LogP contribution in [-0.4, -0.2) is 80.4 Å². The highest BCUT2D eigenvalue weighted by Crippen LogP contribution is 2.20. The minimum absolute atomic E-state index is 0.0477. The van der Waals surface area contributed by atoms with Crippen molar-refractivity contribution in [2.75, 3.05) is 69.4 Å². The quantitative estimate of drug-likeness (QED) is 0.776. The number of carbonyl (C=O) groups excluding carboxylic acids is 1. The summed E-state index contributed by atoms with van der Waals surface area (Å²) in [5.41, 5.74) is 1.63. The van der Waals surface area contributed by atoms with Gasteiger partial charge in [-0.3, -0.25) is 4.79 Å². The average molecular weight is 397 g/mol. The standard InChI is InChI=1S/C21H27N5O3/c1-16-15-19(24-11-13-29-14-12-24)23-21(22-16)26-9-7-25(8-10-26)20(27)17-3-5-18(28-2)6-4-17/h3-6,15H,7-14H2,1-2H3. The lowest BCUT2D eigenvalue weighted by Gasteiger charge is -2.35. The van der Waals surface area contributed by atoms with Crippen LogP contribution in [0.1, 0.15) is 16.1 Å². The van der Waals surface area contributed by atoms with Crippen molar-refractivity contribution in [3.8, 4) is 5.75 Å². The van der Waals surface area contributed by atoms with E-state index in [0.29, 0.717) is 31.7 Å². The Morgan fingerprint density at radius 1 is 0.966 bits per heavy atom. The van der Waals surface area contributed by atoms with Gasteiger partial charge in [-0.1, -0.05) is 0 Å². The smallest absolute Gasteiger partial charge is 0.253 e. The van der Waals surface area contributed by atoms with Gasteiger partial charge in [0.25, 0.3) is 5.91 Å². The Bertz CT molecular complexity index is 844. The van der Waals surface area contributed by atoms with Crippen LogP contribution in [0, 0.1) is 6.92 Å². The van der Waals surface area contributed by atoms with Crippen LogP contribution >= 0.6 is 0 Å². The van der Waals surface area contributed by atoms with Crippen LogP contribution in [0.15, 0.2) is 30.3 Å². The third kappa shape index (κ3) is 4.42. The van der Waals surface area contributed by atoms with Gasteiger partial charge in [0.15, 0.2) is 0 Å². The number of amides is 1. The summed E-state index contributed by atoms with van der Waals surface area (Å²) < 4.78 is 10.6. The lowest BCUT2D eigenvalue weighted by atomic mass is 10.1. The number of morpholine rings is 1. The topological polar surface area (TPSA) is 71.0 Å². The predicted octanol–water partition coefficient (Wildman–Crippen LogP) is 1.59. The van der Waals surface area contributed by atoms with Crippen LogP contribution < -0.4 is 14.5 Å². The number of anilines is 2. The number of hydrogen-bond acceptors (Lipinski definition) is 7. The molecule has 0 aliphatic carbocycles. The molecule has 0 radical (unpaired) electrons. The molecule has 0 saturated carbocycles. The molecule has 0 atom stereocenters. The zero-order valence-electron chi connectivity index (χ0n) is 17.0. The van der Waals surface area contributed by atoms with Gasteiger partial charge in [0.1, 0.15) is 11.6 Å². The SMILES string of the molecule is COc1ccc(C(=O)N2CCN(c3nc(C)cc(N4CCOCC4)n3)CC2)cc1. The van der Waals surface area contributed by atoms with Gasteiger partial charge >= 0.3 is 0 Å². The van der Waals surface area contributed by atoms with Crippen molar-refractivity contribution >= 4 is 17.7 Å². The number of piperazine rings is 1. The van der Waals surface area contributed by atoms with Gasteiger partial charge in [-0.25, -0.2) is 4.98 Å². The van der Waals surface area contributed by atoms with Crippen molar-refractivity contribution in [2.45, 2.75) is 6.92 Å². The summed E-state index contributed by atoms with van der Waals surface area (Å²) in [4.78, 5) is 28.5.